The molecule has 0 amide bonds. The molecule has 0 unspecified atom stereocenters. The van der Waals surface area contributed by atoms with E-state index in [1.165, 1.54) is 57.8 Å². The van der Waals surface area contributed by atoms with Gasteiger partial charge in [0.2, 0.25) is 0 Å². The van der Waals surface area contributed by atoms with Crippen molar-refractivity contribution in [3.63, 3.8) is 0 Å². The second-order valence-electron chi connectivity index (χ2n) is 6.18. The average Bonchev–Trinajstić information content (AvgIpc) is 2.30. The van der Waals surface area contributed by atoms with Gasteiger partial charge in [-0.05, 0) is 0 Å². The zero-order valence-corrected chi connectivity index (χ0v) is 14.0. The van der Waals surface area contributed by atoms with Crippen molar-refractivity contribution in [2.75, 3.05) is 0 Å². The fourth-order valence-electron chi connectivity index (χ4n) is 2.78. The second-order valence-corrected chi connectivity index (χ2v) is 11.3. The monoisotopic (exact) mass is 256 g/mol. The van der Waals surface area contributed by atoms with E-state index in [-0.39, 0.29) is 0 Å². The van der Waals surface area contributed by atoms with Gasteiger partial charge in [-0.25, -0.2) is 0 Å². The van der Waals surface area contributed by atoms with E-state index in [4.69, 9.17) is 0 Å². The molecule has 0 aromatic heterocycles. The van der Waals surface area contributed by atoms with Gasteiger partial charge in [0.1, 0.15) is 0 Å². The lowest BCUT2D eigenvalue weighted by Gasteiger charge is -2.28. The Labute approximate surface area is 112 Å². The highest BCUT2D eigenvalue weighted by molar-refractivity contribution is 6.78. The molecule has 0 saturated heterocycles. The molecule has 0 fully saturated rings. The Bertz CT molecular complexity index is 127. The summed E-state index contributed by atoms with van der Waals surface area (Å²) >= 11 is 0. The fraction of sp³-hybridized carbons (Fsp3) is 1.00. The first kappa shape index (κ1) is 17.2. The van der Waals surface area contributed by atoms with E-state index in [9.17, 15) is 0 Å². The summed E-state index contributed by atoms with van der Waals surface area (Å²) in [5, 5.41) is 0. The van der Waals surface area contributed by atoms with Gasteiger partial charge >= 0.3 is 0 Å². The fourth-order valence-corrected chi connectivity index (χ4v) is 6.84. The number of hydrogen-bond donors (Lipinski definition) is 0. The molecule has 0 spiro atoms. The smallest absolute Gasteiger partial charge is 0.0504 e. The van der Waals surface area contributed by atoms with E-state index in [2.05, 4.69) is 27.3 Å². The van der Waals surface area contributed by atoms with Gasteiger partial charge in [0.25, 0.3) is 0 Å². The van der Waals surface area contributed by atoms with E-state index < -0.39 is 8.07 Å². The Kier molecular flexibility index (Phi) is 11.5. The molecule has 0 atom stereocenters. The van der Waals surface area contributed by atoms with Crippen LogP contribution in [0.15, 0.2) is 0 Å². The summed E-state index contributed by atoms with van der Waals surface area (Å²) in [7, 11) is -0.861. The van der Waals surface area contributed by atoms with Crippen molar-refractivity contribution in [3.05, 3.63) is 0 Å². The Hall–Kier alpha value is 0.217. The summed E-state index contributed by atoms with van der Waals surface area (Å²) in [6.07, 6.45) is 13.1. The van der Waals surface area contributed by atoms with Gasteiger partial charge in [-0.2, -0.15) is 0 Å². The Morgan fingerprint density at radius 3 is 1.06 bits per heavy atom. The normalized spacial score (nSPS) is 12.0. The first-order valence-corrected chi connectivity index (χ1v) is 11.3. The summed E-state index contributed by atoms with van der Waals surface area (Å²) in [5.41, 5.74) is 0. The quantitative estimate of drug-likeness (QED) is 0.271. The molecule has 104 valence electrons. The van der Waals surface area contributed by atoms with Gasteiger partial charge in [0.05, 0.1) is 8.07 Å². The van der Waals surface area contributed by atoms with Gasteiger partial charge in [0.15, 0.2) is 0 Å². The van der Waals surface area contributed by atoms with Crippen molar-refractivity contribution in [2.24, 2.45) is 0 Å². The van der Waals surface area contributed by atoms with E-state index in [0.717, 1.165) is 0 Å². The predicted octanol–water partition coefficient (Wildman–Crippen LogP) is 6.64. The van der Waals surface area contributed by atoms with E-state index in [1.54, 1.807) is 18.1 Å². The minimum Gasteiger partial charge on any atom is -0.0691 e. The molecule has 0 heterocycles. The molecular formula is C16H36Si. The first-order valence-electron chi connectivity index (χ1n) is 8.18. The summed E-state index contributed by atoms with van der Waals surface area (Å²) in [6, 6.07) is 4.82. The zero-order valence-electron chi connectivity index (χ0n) is 13.0. The van der Waals surface area contributed by atoms with Crippen molar-refractivity contribution in [1.82, 2.24) is 0 Å². The lowest BCUT2D eigenvalue weighted by Crippen LogP contribution is -2.29. The van der Waals surface area contributed by atoms with Crippen molar-refractivity contribution < 1.29 is 0 Å². The van der Waals surface area contributed by atoms with Crippen LogP contribution in [0.1, 0.15) is 78.6 Å². The molecule has 0 aromatic rings. The molecule has 0 aliphatic rings. The van der Waals surface area contributed by atoms with E-state index in [1.807, 2.05) is 0 Å². The topological polar surface area (TPSA) is 0 Å². The van der Waals surface area contributed by atoms with Crippen LogP contribution in [0.3, 0.4) is 0 Å². The van der Waals surface area contributed by atoms with Crippen LogP contribution in [-0.4, -0.2) is 8.07 Å². The van der Waals surface area contributed by atoms with Crippen LogP contribution in [0.4, 0.5) is 0 Å². The van der Waals surface area contributed by atoms with E-state index in [0.29, 0.717) is 0 Å². The maximum atomic E-state index is 2.69. The van der Waals surface area contributed by atoms with Gasteiger partial charge < -0.3 is 0 Å². The summed E-state index contributed by atoms with van der Waals surface area (Å²) in [5.74, 6) is 0. The van der Waals surface area contributed by atoms with Crippen LogP contribution in [0, 0.1) is 0 Å². The molecule has 0 rings (SSSR count). The number of rotatable bonds is 12. The first-order chi connectivity index (χ1) is 8.18. The number of unbranched alkanes of at least 4 members (excludes halogenated alkanes) is 6. The summed E-state index contributed by atoms with van der Waals surface area (Å²) in [4.78, 5) is 0. The third-order valence-corrected chi connectivity index (χ3v) is 8.83. The van der Waals surface area contributed by atoms with Gasteiger partial charge in [-0.15, -0.1) is 0 Å². The van der Waals surface area contributed by atoms with Crippen LogP contribution < -0.4 is 0 Å². The molecular weight excluding hydrogens is 220 g/mol. The van der Waals surface area contributed by atoms with Crippen LogP contribution in [0.25, 0.3) is 0 Å². The molecule has 0 nitrogen and oxygen atoms in total. The molecule has 0 aliphatic heterocycles. The zero-order chi connectivity index (χ0) is 13.0. The highest BCUT2D eigenvalue weighted by Gasteiger charge is 2.24. The minimum atomic E-state index is -0.861. The van der Waals surface area contributed by atoms with Crippen LogP contribution in [0.5, 0.6) is 0 Å². The summed E-state index contributed by atoms with van der Waals surface area (Å²) in [6.45, 7) is 9.67. The van der Waals surface area contributed by atoms with E-state index >= 15 is 0 Å². The maximum Gasteiger partial charge on any atom is 0.0504 e. The molecule has 17 heavy (non-hydrogen) atoms. The predicted molar refractivity (Wildman–Crippen MR) is 84.6 cm³/mol. The standard InChI is InChI=1S/C16H36Si/c1-5-8-11-14-17(4,15-12-9-6-2)16-13-10-7-3/h5-16H2,1-4H3. The lowest BCUT2D eigenvalue weighted by molar-refractivity contribution is 0.716. The Morgan fingerprint density at radius 2 is 0.824 bits per heavy atom. The maximum absolute atomic E-state index is 2.69. The van der Waals surface area contributed by atoms with Crippen LogP contribution in [-0.2, 0) is 0 Å². The van der Waals surface area contributed by atoms with Gasteiger partial charge in [0, 0.05) is 0 Å². The van der Waals surface area contributed by atoms with Gasteiger partial charge in [-0.1, -0.05) is 103 Å². The SMILES string of the molecule is CCCCC[Si](C)(CCCCC)CCCCC. The minimum absolute atomic E-state index is 0.861. The van der Waals surface area contributed by atoms with Crippen LogP contribution in [0.2, 0.25) is 24.7 Å². The average molecular weight is 257 g/mol. The van der Waals surface area contributed by atoms with Crippen molar-refractivity contribution in [1.29, 1.82) is 0 Å². The van der Waals surface area contributed by atoms with Crippen molar-refractivity contribution >= 4 is 8.07 Å². The van der Waals surface area contributed by atoms with Crippen molar-refractivity contribution in [2.45, 2.75) is 103 Å². The van der Waals surface area contributed by atoms with Gasteiger partial charge in [-0.3, -0.25) is 0 Å². The third-order valence-electron chi connectivity index (χ3n) is 4.15. The highest BCUT2D eigenvalue weighted by atomic mass is 28.3. The molecule has 0 saturated carbocycles. The highest BCUT2D eigenvalue weighted by Crippen LogP contribution is 2.28. The second kappa shape index (κ2) is 11.3. The Morgan fingerprint density at radius 1 is 0.529 bits per heavy atom. The molecule has 0 aromatic carbocycles. The molecule has 0 radical (unpaired) electrons. The molecule has 0 N–H and O–H groups in total. The number of hydrogen-bond acceptors (Lipinski definition) is 0. The third kappa shape index (κ3) is 9.88. The summed E-state index contributed by atoms with van der Waals surface area (Å²) < 4.78 is 0. The molecule has 0 aliphatic carbocycles. The largest absolute Gasteiger partial charge is 0.0691 e. The molecule has 0 bridgehead atoms. The molecule has 1 heteroatoms. The lowest BCUT2D eigenvalue weighted by atomic mass is 10.3. The van der Waals surface area contributed by atoms with Crippen molar-refractivity contribution in [3.8, 4) is 0 Å². The Balaban J connectivity index is 3.95. The van der Waals surface area contributed by atoms with Crippen LogP contribution >= 0.6 is 0 Å².